The summed E-state index contributed by atoms with van der Waals surface area (Å²) in [5.74, 6) is 1.64. The second-order valence-electron chi connectivity index (χ2n) is 7.10. The number of anilines is 1. The zero-order chi connectivity index (χ0) is 20.0. The van der Waals surface area contributed by atoms with E-state index in [2.05, 4.69) is 20.6 Å². The molecule has 0 saturated heterocycles. The van der Waals surface area contributed by atoms with E-state index in [1.54, 1.807) is 17.9 Å². The van der Waals surface area contributed by atoms with Crippen molar-refractivity contribution >= 4 is 22.7 Å². The number of carbonyl (C=O) groups is 1. The van der Waals surface area contributed by atoms with Gasteiger partial charge in [-0.2, -0.15) is 0 Å². The monoisotopic (exact) mass is 389 g/mol. The number of ether oxygens (including phenoxy) is 1. The first kappa shape index (κ1) is 17.4. The lowest BCUT2D eigenvalue weighted by atomic mass is 10.2. The van der Waals surface area contributed by atoms with E-state index in [1.807, 2.05) is 43.3 Å². The SMILES string of the molecule is COc1ccc(-n2nnc(C(=O)Nc3ccc4oc(C5CC5)nc4c3)c2C)cc1. The summed E-state index contributed by atoms with van der Waals surface area (Å²) in [7, 11) is 1.61. The molecule has 5 rings (SSSR count). The summed E-state index contributed by atoms with van der Waals surface area (Å²) in [4.78, 5) is 17.3. The second kappa shape index (κ2) is 6.73. The van der Waals surface area contributed by atoms with Gasteiger partial charge < -0.3 is 14.5 Å². The number of hydrogen-bond acceptors (Lipinski definition) is 6. The Balaban J connectivity index is 1.37. The number of aromatic nitrogens is 4. The zero-order valence-corrected chi connectivity index (χ0v) is 16.0. The Bertz CT molecular complexity index is 1210. The van der Waals surface area contributed by atoms with E-state index in [1.165, 1.54) is 0 Å². The molecule has 29 heavy (non-hydrogen) atoms. The zero-order valence-electron chi connectivity index (χ0n) is 16.0. The number of benzene rings is 2. The molecule has 8 heteroatoms. The molecule has 4 aromatic rings. The molecule has 2 aromatic heterocycles. The molecule has 0 bridgehead atoms. The van der Waals surface area contributed by atoms with Crippen LogP contribution in [0.25, 0.3) is 16.8 Å². The van der Waals surface area contributed by atoms with E-state index in [0.29, 0.717) is 17.3 Å². The molecule has 1 aliphatic rings. The number of oxazole rings is 1. The van der Waals surface area contributed by atoms with Crippen LogP contribution >= 0.6 is 0 Å². The van der Waals surface area contributed by atoms with Gasteiger partial charge in [-0.15, -0.1) is 5.10 Å². The maximum atomic E-state index is 12.7. The van der Waals surface area contributed by atoms with Crippen molar-refractivity contribution in [2.45, 2.75) is 25.7 Å². The van der Waals surface area contributed by atoms with Crippen molar-refractivity contribution in [3.8, 4) is 11.4 Å². The summed E-state index contributed by atoms with van der Waals surface area (Å²) in [6.07, 6.45) is 2.25. The third-order valence-corrected chi connectivity index (χ3v) is 5.02. The molecule has 2 heterocycles. The van der Waals surface area contributed by atoms with Crippen LogP contribution < -0.4 is 10.1 Å². The molecule has 0 atom stereocenters. The van der Waals surface area contributed by atoms with Crippen LogP contribution in [-0.2, 0) is 0 Å². The Hall–Kier alpha value is -3.68. The summed E-state index contributed by atoms with van der Waals surface area (Å²) in [6, 6.07) is 12.8. The lowest BCUT2D eigenvalue weighted by Crippen LogP contribution is -2.14. The van der Waals surface area contributed by atoms with Gasteiger partial charge in [0.1, 0.15) is 11.3 Å². The minimum atomic E-state index is -0.326. The summed E-state index contributed by atoms with van der Waals surface area (Å²) in [6.45, 7) is 1.81. The van der Waals surface area contributed by atoms with Gasteiger partial charge in [0.15, 0.2) is 17.2 Å². The molecule has 2 aromatic carbocycles. The molecular weight excluding hydrogens is 370 g/mol. The summed E-state index contributed by atoms with van der Waals surface area (Å²) >= 11 is 0. The number of fused-ring (bicyclic) bond motifs is 1. The van der Waals surface area contributed by atoms with Crippen molar-refractivity contribution in [3.05, 3.63) is 59.7 Å². The van der Waals surface area contributed by atoms with Crippen molar-refractivity contribution < 1.29 is 13.9 Å². The highest BCUT2D eigenvalue weighted by molar-refractivity contribution is 6.04. The van der Waals surface area contributed by atoms with Gasteiger partial charge in [0.2, 0.25) is 0 Å². The fourth-order valence-electron chi connectivity index (χ4n) is 3.23. The van der Waals surface area contributed by atoms with Gasteiger partial charge in [-0.1, -0.05) is 5.21 Å². The van der Waals surface area contributed by atoms with Crippen LogP contribution in [0.2, 0.25) is 0 Å². The van der Waals surface area contributed by atoms with Crippen LogP contribution in [0.5, 0.6) is 5.75 Å². The maximum Gasteiger partial charge on any atom is 0.278 e. The quantitative estimate of drug-likeness (QED) is 0.557. The minimum Gasteiger partial charge on any atom is -0.497 e. The van der Waals surface area contributed by atoms with Crippen LogP contribution in [0.15, 0.2) is 46.9 Å². The van der Waals surface area contributed by atoms with Gasteiger partial charge >= 0.3 is 0 Å². The first-order chi connectivity index (χ1) is 14.1. The largest absolute Gasteiger partial charge is 0.497 e. The van der Waals surface area contributed by atoms with Gasteiger partial charge in [-0.25, -0.2) is 9.67 Å². The molecule has 1 N–H and O–H groups in total. The standard InChI is InChI=1S/C21H19N5O3/c1-12-19(24-25-26(12)15-6-8-16(28-2)9-7-15)20(27)22-14-5-10-18-17(11-14)23-21(29-18)13-3-4-13/h5-11,13H,3-4H2,1-2H3,(H,22,27). The molecular formula is C21H19N5O3. The predicted molar refractivity (Wildman–Crippen MR) is 107 cm³/mol. The number of hydrogen-bond donors (Lipinski definition) is 1. The van der Waals surface area contributed by atoms with Crippen molar-refractivity contribution in [3.63, 3.8) is 0 Å². The topological polar surface area (TPSA) is 95.1 Å². The molecule has 1 aliphatic carbocycles. The number of amides is 1. The lowest BCUT2D eigenvalue weighted by Gasteiger charge is -2.06. The third-order valence-electron chi connectivity index (χ3n) is 5.02. The minimum absolute atomic E-state index is 0.264. The number of nitrogens with zero attached hydrogens (tertiary/aromatic N) is 4. The first-order valence-corrected chi connectivity index (χ1v) is 9.41. The van der Waals surface area contributed by atoms with E-state index < -0.39 is 0 Å². The van der Waals surface area contributed by atoms with Crippen molar-refractivity contribution in [2.75, 3.05) is 12.4 Å². The summed E-state index contributed by atoms with van der Waals surface area (Å²) < 4.78 is 12.6. The van der Waals surface area contributed by atoms with E-state index in [9.17, 15) is 4.79 Å². The highest BCUT2D eigenvalue weighted by atomic mass is 16.5. The normalized spacial score (nSPS) is 13.6. The molecule has 8 nitrogen and oxygen atoms in total. The molecule has 146 valence electrons. The molecule has 0 radical (unpaired) electrons. The predicted octanol–water partition coefficient (Wildman–Crippen LogP) is 3.86. The Labute approximate surface area is 166 Å². The summed E-state index contributed by atoms with van der Waals surface area (Å²) in [5, 5.41) is 11.1. The fraction of sp³-hybridized carbons (Fsp3) is 0.238. The molecule has 0 aliphatic heterocycles. The Kier molecular flexibility index (Phi) is 4.04. The van der Waals surface area contributed by atoms with E-state index in [0.717, 1.165) is 41.3 Å². The van der Waals surface area contributed by atoms with Crippen LogP contribution in [0.3, 0.4) is 0 Å². The van der Waals surface area contributed by atoms with E-state index >= 15 is 0 Å². The van der Waals surface area contributed by atoms with E-state index in [-0.39, 0.29) is 11.6 Å². The number of rotatable bonds is 5. The first-order valence-electron chi connectivity index (χ1n) is 9.41. The second-order valence-corrected chi connectivity index (χ2v) is 7.10. The number of carbonyl (C=O) groups excluding carboxylic acids is 1. The van der Waals surface area contributed by atoms with E-state index in [4.69, 9.17) is 9.15 Å². The van der Waals surface area contributed by atoms with Crippen LogP contribution in [0, 0.1) is 6.92 Å². The van der Waals surface area contributed by atoms with Crippen molar-refractivity contribution in [2.24, 2.45) is 0 Å². The average molecular weight is 389 g/mol. The Morgan fingerprint density at radius 2 is 2.00 bits per heavy atom. The van der Waals surface area contributed by atoms with Gasteiger partial charge in [0.05, 0.1) is 18.5 Å². The Morgan fingerprint density at radius 3 is 2.72 bits per heavy atom. The molecule has 1 amide bonds. The lowest BCUT2D eigenvalue weighted by molar-refractivity contribution is 0.102. The van der Waals surface area contributed by atoms with Crippen LogP contribution in [0.4, 0.5) is 5.69 Å². The Morgan fingerprint density at radius 1 is 1.21 bits per heavy atom. The highest BCUT2D eigenvalue weighted by Crippen LogP contribution is 2.40. The smallest absolute Gasteiger partial charge is 0.278 e. The number of nitrogens with one attached hydrogen (secondary N) is 1. The fourth-order valence-corrected chi connectivity index (χ4v) is 3.23. The third kappa shape index (κ3) is 3.22. The van der Waals surface area contributed by atoms with Crippen LogP contribution in [-0.4, -0.2) is 33.0 Å². The number of methoxy groups -OCH3 is 1. The highest BCUT2D eigenvalue weighted by Gasteiger charge is 2.29. The van der Waals surface area contributed by atoms with Gasteiger partial charge in [0.25, 0.3) is 5.91 Å². The molecule has 1 fully saturated rings. The van der Waals surface area contributed by atoms with Crippen molar-refractivity contribution in [1.82, 2.24) is 20.0 Å². The maximum absolute atomic E-state index is 12.7. The molecule has 0 spiro atoms. The van der Waals surface area contributed by atoms with Gasteiger partial charge in [0, 0.05) is 11.6 Å². The summed E-state index contributed by atoms with van der Waals surface area (Å²) in [5.41, 5.74) is 3.81. The molecule has 0 unspecified atom stereocenters. The molecule has 1 saturated carbocycles. The van der Waals surface area contributed by atoms with Gasteiger partial charge in [-0.3, -0.25) is 4.79 Å². The van der Waals surface area contributed by atoms with Gasteiger partial charge in [-0.05, 0) is 62.2 Å². The van der Waals surface area contributed by atoms with Crippen LogP contribution in [0.1, 0.15) is 40.8 Å². The van der Waals surface area contributed by atoms with Crippen molar-refractivity contribution in [1.29, 1.82) is 0 Å². The average Bonchev–Trinajstić information content (AvgIpc) is 3.39.